The molecule has 0 aliphatic rings. The molecule has 0 bridgehead atoms. The molecule has 0 aliphatic carbocycles. The molecule has 0 fully saturated rings. The van der Waals surface area contributed by atoms with Crippen molar-refractivity contribution >= 4 is 28.8 Å². The Bertz CT molecular complexity index is 672. The highest BCUT2D eigenvalue weighted by Gasteiger charge is 2.22. The molecule has 1 heterocycles. The van der Waals surface area contributed by atoms with Gasteiger partial charge in [-0.25, -0.2) is 9.97 Å². The van der Waals surface area contributed by atoms with Gasteiger partial charge in [0.15, 0.2) is 0 Å². The molecular formula is C11H7ClF2N4O3. The average Bonchev–Trinajstić information content (AvgIpc) is 2.40. The standard InChI is InChI=1S/C11H7ClF2N4O3/c12-9-8(18(19)20)10(16-5-15-9)17-6-3-1-2-4-7(6)21-11(13)14/h1-5,11H,(H,15,16,17). The molecule has 0 saturated carbocycles. The van der Waals surface area contributed by atoms with Crippen LogP contribution in [-0.2, 0) is 0 Å². The van der Waals surface area contributed by atoms with Crippen LogP contribution in [0.3, 0.4) is 0 Å². The number of ether oxygens (including phenoxy) is 1. The van der Waals surface area contributed by atoms with Gasteiger partial charge in [-0.15, -0.1) is 0 Å². The highest BCUT2D eigenvalue weighted by molar-refractivity contribution is 6.31. The number of anilines is 2. The van der Waals surface area contributed by atoms with Crippen LogP contribution in [0.2, 0.25) is 5.15 Å². The summed E-state index contributed by atoms with van der Waals surface area (Å²) in [5, 5.41) is 13.1. The van der Waals surface area contributed by atoms with Crippen molar-refractivity contribution in [2.24, 2.45) is 0 Å². The van der Waals surface area contributed by atoms with E-state index in [1.807, 2.05) is 0 Å². The number of benzene rings is 1. The van der Waals surface area contributed by atoms with Crippen molar-refractivity contribution in [3.63, 3.8) is 0 Å². The van der Waals surface area contributed by atoms with Crippen LogP contribution in [-0.4, -0.2) is 21.5 Å². The van der Waals surface area contributed by atoms with Gasteiger partial charge in [0.05, 0.1) is 10.6 Å². The second kappa shape index (κ2) is 6.27. The van der Waals surface area contributed by atoms with Gasteiger partial charge in [0, 0.05) is 0 Å². The van der Waals surface area contributed by atoms with Crippen molar-refractivity contribution in [2.75, 3.05) is 5.32 Å². The zero-order valence-electron chi connectivity index (χ0n) is 10.2. The third-order valence-electron chi connectivity index (χ3n) is 2.32. The summed E-state index contributed by atoms with van der Waals surface area (Å²) in [5.74, 6) is -0.415. The highest BCUT2D eigenvalue weighted by atomic mass is 35.5. The van der Waals surface area contributed by atoms with Crippen LogP contribution in [0.4, 0.5) is 26.0 Å². The summed E-state index contributed by atoms with van der Waals surface area (Å²) in [6, 6.07) is 5.69. The van der Waals surface area contributed by atoms with Gasteiger partial charge < -0.3 is 10.1 Å². The molecule has 7 nitrogen and oxygen atoms in total. The summed E-state index contributed by atoms with van der Waals surface area (Å²) >= 11 is 5.63. The lowest BCUT2D eigenvalue weighted by Gasteiger charge is -2.12. The Morgan fingerprint density at radius 3 is 2.71 bits per heavy atom. The average molecular weight is 317 g/mol. The minimum absolute atomic E-state index is 0.0793. The van der Waals surface area contributed by atoms with Crippen molar-refractivity contribution in [3.05, 3.63) is 45.9 Å². The number of nitrogens with one attached hydrogen (secondary N) is 1. The molecule has 0 saturated heterocycles. The van der Waals surface area contributed by atoms with Crippen LogP contribution in [0.1, 0.15) is 0 Å². The van der Waals surface area contributed by atoms with Crippen molar-refractivity contribution in [2.45, 2.75) is 6.61 Å². The molecule has 2 aromatic rings. The maximum atomic E-state index is 12.3. The number of hydrogen-bond donors (Lipinski definition) is 1. The Morgan fingerprint density at radius 2 is 2.05 bits per heavy atom. The minimum Gasteiger partial charge on any atom is -0.433 e. The number of alkyl halides is 2. The van der Waals surface area contributed by atoms with Crippen molar-refractivity contribution in [1.29, 1.82) is 0 Å². The van der Waals surface area contributed by atoms with E-state index in [0.29, 0.717) is 0 Å². The fourth-order valence-electron chi connectivity index (χ4n) is 1.51. The van der Waals surface area contributed by atoms with E-state index in [1.54, 1.807) is 0 Å². The Kier molecular flexibility index (Phi) is 4.43. The van der Waals surface area contributed by atoms with Gasteiger partial charge in [0.2, 0.25) is 11.0 Å². The van der Waals surface area contributed by atoms with E-state index in [4.69, 9.17) is 11.6 Å². The summed E-state index contributed by atoms with van der Waals surface area (Å²) in [6.07, 6.45) is 1.01. The van der Waals surface area contributed by atoms with Crippen molar-refractivity contribution in [1.82, 2.24) is 9.97 Å². The van der Waals surface area contributed by atoms with Gasteiger partial charge in [-0.3, -0.25) is 10.1 Å². The van der Waals surface area contributed by atoms with Gasteiger partial charge >= 0.3 is 12.3 Å². The van der Waals surface area contributed by atoms with E-state index in [9.17, 15) is 18.9 Å². The first-order chi connectivity index (χ1) is 9.99. The Labute approximate surface area is 121 Å². The molecule has 0 amide bonds. The molecule has 21 heavy (non-hydrogen) atoms. The van der Waals surface area contributed by atoms with E-state index < -0.39 is 17.2 Å². The zero-order chi connectivity index (χ0) is 15.4. The van der Waals surface area contributed by atoms with E-state index in [1.165, 1.54) is 24.3 Å². The smallest absolute Gasteiger partial charge is 0.387 e. The van der Waals surface area contributed by atoms with Crippen LogP contribution in [0.25, 0.3) is 0 Å². The zero-order valence-corrected chi connectivity index (χ0v) is 10.9. The number of hydrogen-bond acceptors (Lipinski definition) is 6. The lowest BCUT2D eigenvalue weighted by atomic mass is 10.3. The summed E-state index contributed by atoms with van der Waals surface area (Å²) in [5.41, 5.74) is -0.485. The molecular weight excluding hydrogens is 310 g/mol. The molecule has 10 heteroatoms. The Hall–Kier alpha value is -2.55. The lowest BCUT2D eigenvalue weighted by Crippen LogP contribution is -2.06. The topological polar surface area (TPSA) is 90.2 Å². The summed E-state index contributed by atoms with van der Waals surface area (Å²) in [6.45, 7) is -3.03. The van der Waals surface area contributed by atoms with Gasteiger partial charge in [-0.05, 0) is 12.1 Å². The molecule has 0 atom stereocenters. The minimum atomic E-state index is -3.03. The molecule has 1 N–H and O–H groups in total. The van der Waals surface area contributed by atoms with Crippen molar-refractivity contribution < 1.29 is 18.4 Å². The molecule has 2 rings (SSSR count). The third kappa shape index (κ3) is 3.51. The summed E-state index contributed by atoms with van der Waals surface area (Å²) in [7, 11) is 0. The Morgan fingerprint density at radius 1 is 1.33 bits per heavy atom. The number of para-hydroxylation sites is 2. The van der Waals surface area contributed by atoms with Crippen LogP contribution in [0.15, 0.2) is 30.6 Å². The van der Waals surface area contributed by atoms with Gasteiger partial charge in [0.25, 0.3) is 0 Å². The number of nitro groups is 1. The highest BCUT2D eigenvalue weighted by Crippen LogP contribution is 2.34. The van der Waals surface area contributed by atoms with Crippen LogP contribution < -0.4 is 10.1 Å². The van der Waals surface area contributed by atoms with Gasteiger partial charge in [-0.2, -0.15) is 8.78 Å². The van der Waals surface area contributed by atoms with E-state index >= 15 is 0 Å². The number of halogens is 3. The molecule has 1 aromatic heterocycles. The first-order valence-electron chi connectivity index (χ1n) is 5.44. The quantitative estimate of drug-likeness (QED) is 0.516. The van der Waals surface area contributed by atoms with E-state index in [2.05, 4.69) is 20.0 Å². The largest absolute Gasteiger partial charge is 0.433 e. The SMILES string of the molecule is O=[N+]([O-])c1c(Cl)ncnc1Nc1ccccc1OC(F)F. The fraction of sp³-hybridized carbons (Fsp3) is 0.0909. The summed E-state index contributed by atoms with van der Waals surface area (Å²) < 4.78 is 28.9. The third-order valence-corrected chi connectivity index (χ3v) is 2.59. The normalized spacial score (nSPS) is 10.5. The molecule has 110 valence electrons. The van der Waals surface area contributed by atoms with Crippen molar-refractivity contribution in [3.8, 4) is 5.75 Å². The molecule has 1 aromatic carbocycles. The summed E-state index contributed by atoms with van der Waals surface area (Å²) in [4.78, 5) is 17.3. The second-order valence-electron chi connectivity index (χ2n) is 3.62. The Balaban J connectivity index is 2.39. The predicted molar refractivity (Wildman–Crippen MR) is 70.1 cm³/mol. The van der Waals surface area contributed by atoms with Gasteiger partial charge in [-0.1, -0.05) is 23.7 Å². The lowest BCUT2D eigenvalue weighted by molar-refractivity contribution is -0.384. The second-order valence-corrected chi connectivity index (χ2v) is 3.98. The number of rotatable bonds is 5. The van der Waals surface area contributed by atoms with Crippen LogP contribution in [0, 0.1) is 10.1 Å². The van der Waals surface area contributed by atoms with Crippen LogP contribution >= 0.6 is 11.6 Å². The fourth-order valence-corrected chi connectivity index (χ4v) is 1.71. The molecule has 0 radical (unpaired) electrons. The van der Waals surface area contributed by atoms with Crippen LogP contribution in [0.5, 0.6) is 5.75 Å². The number of nitrogens with zero attached hydrogens (tertiary/aromatic N) is 3. The molecule has 0 spiro atoms. The molecule has 0 aliphatic heterocycles. The monoisotopic (exact) mass is 316 g/mol. The molecule has 0 unspecified atom stereocenters. The number of aromatic nitrogens is 2. The van der Waals surface area contributed by atoms with E-state index in [0.717, 1.165) is 6.33 Å². The first kappa shape index (κ1) is 14.9. The predicted octanol–water partition coefficient (Wildman–Crippen LogP) is 3.38. The first-order valence-corrected chi connectivity index (χ1v) is 5.82. The van der Waals surface area contributed by atoms with Gasteiger partial charge in [0.1, 0.15) is 12.1 Å². The maximum Gasteiger partial charge on any atom is 0.387 e. The van der Waals surface area contributed by atoms with E-state index in [-0.39, 0.29) is 22.4 Å². The maximum absolute atomic E-state index is 12.3.